The van der Waals surface area contributed by atoms with Gasteiger partial charge in [0.25, 0.3) is 0 Å². The minimum Gasteiger partial charge on any atom is -0.441 e. The molecule has 104 valence electrons. The van der Waals surface area contributed by atoms with Crippen LogP contribution in [0.2, 0.25) is 0 Å². The van der Waals surface area contributed by atoms with Crippen LogP contribution in [0.3, 0.4) is 0 Å². The van der Waals surface area contributed by atoms with E-state index in [1.54, 1.807) is 11.3 Å². The molecule has 0 saturated heterocycles. The summed E-state index contributed by atoms with van der Waals surface area (Å²) in [5.41, 5.74) is 2.96. The van der Waals surface area contributed by atoms with Crippen LogP contribution in [0.5, 0.6) is 0 Å². The Labute approximate surface area is 137 Å². The van der Waals surface area contributed by atoms with E-state index in [9.17, 15) is 0 Å². The number of thiophene rings is 1. The van der Waals surface area contributed by atoms with Crippen molar-refractivity contribution < 1.29 is 4.42 Å². The Morgan fingerprint density at radius 2 is 2.15 bits per heavy atom. The lowest BCUT2D eigenvalue weighted by Crippen LogP contribution is -2.18. The second-order valence-corrected chi connectivity index (χ2v) is 8.15. The number of fused-ring (bicyclic) bond motifs is 1. The Bertz CT molecular complexity index is 705. The Morgan fingerprint density at radius 1 is 1.35 bits per heavy atom. The molecular formula is C14H12Br2N2OS. The van der Waals surface area contributed by atoms with E-state index >= 15 is 0 Å². The normalized spacial score (nSPS) is 12.9. The summed E-state index contributed by atoms with van der Waals surface area (Å²) in [7, 11) is 1.95. The number of hydrogen-bond donors (Lipinski definition) is 1. The zero-order valence-corrected chi connectivity index (χ0v) is 14.7. The molecule has 3 rings (SSSR count). The monoisotopic (exact) mass is 414 g/mol. The third kappa shape index (κ3) is 2.83. The van der Waals surface area contributed by atoms with Gasteiger partial charge < -0.3 is 9.73 Å². The largest absolute Gasteiger partial charge is 0.441 e. The van der Waals surface area contributed by atoms with Crippen LogP contribution in [0.25, 0.3) is 11.1 Å². The second kappa shape index (κ2) is 5.97. The average Bonchev–Trinajstić information content (AvgIpc) is 2.98. The molecule has 2 heterocycles. The minimum absolute atomic E-state index is 0.167. The molecule has 2 aromatic heterocycles. The van der Waals surface area contributed by atoms with Crippen molar-refractivity contribution in [2.45, 2.75) is 12.5 Å². The van der Waals surface area contributed by atoms with E-state index in [1.807, 2.05) is 31.3 Å². The first-order valence-corrected chi connectivity index (χ1v) is 8.54. The summed E-state index contributed by atoms with van der Waals surface area (Å²) >= 11 is 8.79. The molecule has 6 heteroatoms. The van der Waals surface area contributed by atoms with Gasteiger partial charge >= 0.3 is 0 Å². The molecule has 1 aromatic carbocycles. The Balaban J connectivity index is 1.89. The fourth-order valence-corrected chi connectivity index (χ4v) is 5.11. The predicted molar refractivity (Wildman–Crippen MR) is 89.2 cm³/mol. The molecule has 0 spiro atoms. The highest BCUT2D eigenvalue weighted by Crippen LogP contribution is 2.36. The number of hydrogen-bond acceptors (Lipinski definition) is 4. The van der Waals surface area contributed by atoms with Gasteiger partial charge in [-0.05, 0) is 62.7 Å². The summed E-state index contributed by atoms with van der Waals surface area (Å²) in [6.07, 6.45) is 0.715. The van der Waals surface area contributed by atoms with Crippen molar-refractivity contribution >= 4 is 54.3 Å². The maximum absolute atomic E-state index is 5.79. The molecule has 0 aliphatic rings. The van der Waals surface area contributed by atoms with E-state index in [4.69, 9.17) is 4.42 Å². The lowest BCUT2D eigenvalue weighted by molar-refractivity contribution is 0.473. The number of nitrogens with one attached hydrogen (secondary N) is 1. The molecular weight excluding hydrogens is 404 g/mol. The third-order valence-corrected chi connectivity index (χ3v) is 5.51. The van der Waals surface area contributed by atoms with Gasteiger partial charge in [-0.1, -0.05) is 12.1 Å². The molecule has 0 bridgehead atoms. The van der Waals surface area contributed by atoms with Gasteiger partial charge in [-0.2, -0.15) is 0 Å². The van der Waals surface area contributed by atoms with Crippen molar-refractivity contribution in [2.75, 3.05) is 7.05 Å². The number of nitrogens with zero attached hydrogens (tertiary/aromatic N) is 1. The number of oxazole rings is 1. The highest BCUT2D eigenvalue weighted by Gasteiger charge is 2.19. The minimum atomic E-state index is 0.167. The van der Waals surface area contributed by atoms with Crippen molar-refractivity contribution in [1.29, 1.82) is 0 Å². The van der Waals surface area contributed by atoms with E-state index in [0.29, 0.717) is 6.42 Å². The van der Waals surface area contributed by atoms with Gasteiger partial charge in [0.1, 0.15) is 5.52 Å². The first-order chi connectivity index (χ1) is 9.67. The second-order valence-electron chi connectivity index (χ2n) is 4.40. The quantitative estimate of drug-likeness (QED) is 0.657. The molecule has 3 nitrogen and oxygen atoms in total. The maximum atomic E-state index is 5.79. The Hall–Kier alpha value is -0.690. The van der Waals surface area contributed by atoms with Gasteiger partial charge in [0.05, 0.1) is 7.57 Å². The highest BCUT2D eigenvalue weighted by atomic mass is 79.9. The van der Waals surface area contributed by atoms with E-state index in [0.717, 1.165) is 24.6 Å². The smallest absolute Gasteiger partial charge is 0.197 e. The summed E-state index contributed by atoms with van der Waals surface area (Å²) in [6.45, 7) is 0. The van der Waals surface area contributed by atoms with Crippen molar-refractivity contribution in [3.8, 4) is 0 Å². The van der Waals surface area contributed by atoms with E-state index < -0.39 is 0 Å². The molecule has 0 saturated carbocycles. The lowest BCUT2D eigenvalue weighted by Gasteiger charge is -2.13. The molecule has 3 aromatic rings. The fourth-order valence-electron chi connectivity index (χ4n) is 2.14. The number of aromatic nitrogens is 1. The van der Waals surface area contributed by atoms with E-state index in [-0.39, 0.29) is 6.04 Å². The van der Waals surface area contributed by atoms with Crippen molar-refractivity contribution in [3.63, 3.8) is 0 Å². The van der Waals surface area contributed by atoms with Gasteiger partial charge in [-0.3, -0.25) is 0 Å². The van der Waals surface area contributed by atoms with Gasteiger partial charge in [-0.25, -0.2) is 4.98 Å². The van der Waals surface area contributed by atoms with Crippen molar-refractivity contribution in [3.05, 3.63) is 49.4 Å². The van der Waals surface area contributed by atoms with Gasteiger partial charge in [0, 0.05) is 12.5 Å². The Morgan fingerprint density at radius 3 is 2.80 bits per heavy atom. The van der Waals surface area contributed by atoms with Crippen LogP contribution in [0.1, 0.15) is 17.5 Å². The zero-order chi connectivity index (χ0) is 14.1. The lowest BCUT2D eigenvalue weighted by atomic mass is 10.1. The van der Waals surface area contributed by atoms with Gasteiger partial charge in [0.15, 0.2) is 11.5 Å². The summed E-state index contributed by atoms with van der Waals surface area (Å²) < 4.78 is 8.03. The SMILES string of the molecule is CNC(Cc1nc2ccccc2o1)c1cc(Br)sc1Br. The summed E-state index contributed by atoms with van der Waals surface area (Å²) in [5.74, 6) is 0.750. The number of benzene rings is 1. The Kier molecular flexibility index (Phi) is 4.26. The third-order valence-electron chi connectivity index (χ3n) is 3.12. The molecule has 20 heavy (non-hydrogen) atoms. The van der Waals surface area contributed by atoms with Crippen molar-refractivity contribution in [1.82, 2.24) is 10.3 Å². The fraction of sp³-hybridized carbons (Fsp3) is 0.214. The summed E-state index contributed by atoms with van der Waals surface area (Å²) in [5, 5.41) is 3.32. The summed E-state index contributed by atoms with van der Waals surface area (Å²) in [6, 6.07) is 10.1. The molecule has 1 atom stereocenters. The summed E-state index contributed by atoms with van der Waals surface area (Å²) in [4.78, 5) is 4.53. The van der Waals surface area contributed by atoms with Gasteiger partial charge in [0.2, 0.25) is 0 Å². The molecule has 1 N–H and O–H groups in total. The van der Waals surface area contributed by atoms with Crippen LogP contribution in [-0.4, -0.2) is 12.0 Å². The van der Waals surface area contributed by atoms with Crippen molar-refractivity contribution in [2.24, 2.45) is 0 Å². The average molecular weight is 416 g/mol. The zero-order valence-electron chi connectivity index (χ0n) is 10.7. The predicted octanol–water partition coefficient (Wildman–Crippen LogP) is 4.92. The molecule has 1 unspecified atom stereocenters. The van der Waals surface area contributed by atoms with Crippen LogP contribution < -0.4 is 5.32 Å². The first-order valence-electron chi connectivity index (χ1n) is 6.14. The molecule has 0 fully saturated rings. The van der Waals surface area contributed by atoms with Crippen LogP contribution in [0.4, 0.5) is 0 Å². The molecule has 0 radical (unpaired) electrons. The first kappa shape index (κ1) is 14.3. The number of halogens is 2. The highest BCUT2D eigenvalue weighted by molar-refractivity contribution is 9.12. The van der Waals surface area contributed by atoms with Crippen LogP contribution in [0.15, 0.2) is 42.3 Å². The topological polar surface area (TPSA) is 38.1 Å². The van der Waals surface area contributed by atoms with E-state index in [2.05, 4.69) is 48.2 Å². The van der Waals surface area contributed by atoms with E-state index in [1.165, 1.54) is 5.56 Å². The van der Waals surface area contributed by atoms with Crippen LogP contribution in [0, 0.1) is 0 Å². The molecule has 0 aliphatic heterocycles. The van der Waals surface area contributed by atoms with Gasteiger partial charge in [-0.15, -0.1) is 11.3 Å². The number of para-hydroxylation sites is 2. The molecule has 0 aliphatic carbocycles. The van der Waals surface area contributed by atoms with Crippen LogP contribution in [-0.2, 0) is 6.42 Å². The number of rotatable bonds is 4. The van der Waals surface area contributed by atoms with Crippen LogP contribution >= 0.6 is 43.2 Å². The molecule has 0 amide bonds. The number of likely N-dealkylation sites (N-methyl/N-ethyl adjacent to an activating group) is 1. The standard InChI is InChI=1S/C14H12Br2N2OS/c1-17-10(8-6-12(15)20-14(8)16)7-13-18-9-4-2-3-5-11(9)19-13/h2-6,10,17H,7H2,1H3. The maximum Gasteiger partial charge on any atom is 0.197 e.